The molecule has 0 saturated heterocycles. The average molecular weight is 400 g/mol. The number of esters is 3. The van der Waals surface area contributed by atoms with E-state index in [4.69, 9.17) is 4.74 Å². The maximum absolute atomic E-state index is 12.5. The lowest BCUT2D eigenvalue weighted by Crippen LogP contribution is -2.18. The fourth-order valence-corrected chi connectivity index (χ4v) is 2.15. The van der Waals surface area contributed by atoms with Crippen molar-refractivity contribution in [2.24, 2.45) is 0 Å². The second-order valence-electron chi connectivity index (χ2n) is 5.38. The average Bonchev–Trinajstić information content (AvgIpc) is 2.73. The largest absolute Gasteiger partial charge is 0.466 e. The molecular weight excluding hydrogens is 384 g/mol. The van der Waals surface area contributed by atoms with Gasteiger partial charge in [0.2, 0.25) is 0 Å². The van der Waals surface area contributed by atoms with Gasteiger partial charge in [0, 0.05) is 12.1 Å². The van der Waals surface area contributed by atoms with Crippen molar-refractivity contribution in [3.8, 4) is 5.75 Å². The van der Waals surface area contributed by atoms with Gasteiger partial charge in [-0.15, -0.1) is 0 Å². The van der Waals surface area contributed by atoms with Crippen LogP contribution in [0.5, 0.6) is 5.75 Å². The van der Waals surface area contributed by atoms with E-state index in [0.29, 0.717) is 0 Å². The van der Waals surface area contributed by atoms with Crippen molar-refractivity contribution in [3.05, 3.63) is 76.0 Å². The van der Waals surface area contributed by atoms with Gasteiger partial charge >= 0.3 is 17.9 Å². The van der Waals surface area contributed by atoms with Crippen molar-refractivity contribution in [2.75, 3.05) is 19.5 Å². The predicted octanol–water partition coefficient (Wildman–Crippen LogP) is 2.46. The molecule has 0 saturated carbocycles. The van der Waals surface area contributed by atoms with Gasteiger partial charge in [-0.3, -0.25) is 10.1 Å². The Hall–Kier alpha value is -4.21. The van der Waals surface area contributed by atoms with Gasteiger partial charge in [0.15, 0.2) is 0 Å². The number of hydrogen-bond donors (Lipinski definition) is 1. The van der Waals surface area contributed by atoms with Gasteiger partial charge in [0.05, 0.1) is 36.5 Å². The summed E-state index contributed by atoms with van der Waals surface area (Å²) < 4.78 is 14.3. The first-order chi connectivity index (χ1) is 13.8. The van der Waals surface area contributed by atoms with Gasteiger partial charge < -0.3 is 19.5 Å². The highest BCUT2D eigenvalue weighted by Gasteiger charge is 2.18. The van der Waals surface area contributed by atoms with E-state index >= 15 is 0 Å². The molecule has 10 heteroatoms. The SMILES string of the molecule is COC(=O)/C=C(/Nc1ccccc1C(=O)Oc1ccc([N+](=O)[O-])cc1)C(=O)OC. The predicted molar refractivity (Wildman–Crippen MR) is 100 cm³/mol. The molecule has 0 fully saturated rings. The van der Waals surface area contributed by atoms with Crippen LogP contribution >= 0.6 is 0 Å². The van der Waals surface area contributed by atoms with Crippen LogP contribution in [0, 0.1) is 10.1 Å². The number of nitrogens with zero attached hydrogens (tertiary/aromatic N) is 1. The van der Waals surface area contributed by atoms with Gasteiger partial charge in [-0.2, -0.15) is 0 Å². The summed E-state index contributed by atoms with van der Waals surface area (Å²) in [5.41, 5.74) is -0.192. The van der Waals surface area contributed by atoms with Crippen molar-refractivity contribution in [3.63, 3.8) is 0 Å². The molecule has 0 amide bonds. The summed E-state index contributed by atoms with van der Waals surface area (Å²) in [5.74, 6) is -2.35. The Bertz CT molecular complexity index is 966. The molecule has 0 bridgehead atoms. The van der Waals surface area contributed by atoms with E-state index in [0.717, 1.165) is 20.3 Å². The molecule has 0 spiro atoms. The van der Waals surface area contributed by atoms with E-state index in [9.17, 15) is 24.5 Å². The van der Waals surface area contributed by atoms with Crippen LogP contribution in [0.15, 0.2) is 60.3 Å². The quantitative estimate of drug-likeness (QED) is 0.244. The number of hydrogen-bond acceptors (Lipinski definition) is 9. The van der Waals surface area contributed by atoms with Crippen LogP contribution < -0.4 is 10.1 Å². The highest BCUT2D eigenvalue weighted by molar-refractivity contribution is 6.02. The van der Waals surface area contributed by atoms with Crippen LogP contribution in [0.3, 0.4) is 0 Å². The third kappa shape index (κ3) is 5.63. The van der Waals surface area contributed by atoms with Crippen molar-refractivity contribution in [1.29, 1.82) is 0 Å². The van der Waals surface area contributed by atoms with E-state index in [1.54, 1.807) is 12.1 Å². The molecule has 2 aromatic rings. The fourth-order valence-electron chi connectivity index (χ4n) is 2.15. The van der Waals surface area contributed by atoms with Crippen LogP contribution in [0.2, 0.25) is 0 Å². The highest BCUT2D eigenvalue weighted by atomic mass is 16.6. The molecule has 10 nitrogen and oxygen atoms in total. The number of para-hydroxylation sites is 1. The number of non-ortho nitro benzene ring substituents is 1. The first-order valence-corrected chi connectivity index (χ1v) is 8.06. The molecular formula is C19H16N2O8. The van der Waals surface area contributed by atoms with Crippen LogP contribution in [0.1, 0.15) is 10.4 Å². The summed E-state index contributed by atoms with van der Waals surface area (Å²) in [6, 6.07) is 11.0. The molecule has 0 heterocycles. The summed E-state index contributed by atoms with van der Waals surface area (Å²) >= 11 is 0. The standard InChI is InChI=1S/C19H16N2O8/c1-27-17(22)11-16(19(24)28-2)20-15-6-4-3-5-14(15)18(23)29-13-9-7-12(8-10-13)21(25)26/h3-11,20H,1-2H3/b16-11+. The molecule has 0 aromatic heterocycles. The van der Waals surface area contributed by atoms with E-state index in [2.05, 4.69) is 14.8 Å². The minimum Gasteiger partial charge on any atom is -0.466 e. The molecule has 2 rings (SSSR count). The molecule has 0 aliphatic carbocycles. The lowest BCUT2D eigenvalue weighted by molar-refractivity contribution is -0.384. The summed E-state index contributed by atoms with van der Waals surface area (Å²) in [6.45, 7) is 0. The third-order valence-corrected chi connectivity index (χ3v) is 3.54. The minimum absolute atomic E-state index is 0.0468. The molecule has 0 unspecified atom stereocenters. The van der Waals surface area contributed by atoms with Gasteiger partial charge in [-0.25, -0.2) is 14.4 Å². The van der Waals surface area contributed by atoms with Gasteiger partial charge in [0.1, 0.15) is 11.4 Å². The molecule has 29 heavy (non-hydrogen) atoms. The number of benzene rings is 2. The zero-order valence-electron chi connectivity index (χ0n) is 15.4. The summed E-state index contributed by atoms with van der Waals surface area (Å²) in [6.07, 6.45) is 0.879. The van der Waals surface area contributed by atoms with Gasteiger partial charge in [-0.1, -0.05) is 12.1 Å². The maximum atomic E-state index is 12.5. The number of ether oxygens (including phenoxy) is 3. The molecule has 2 aromatic carbocycles. The van der Waals surface area contributed by atoms with Crippen molar-refractivity contribution >= 4 is 29.3 Å². The first kappa shape index (κ1) is 21.1. The zero-order chi connectivity index (χ0) is 21.4. The monoisotopic (exact) mass is 400 g/mol. The number of carbonyl (C=O) groups excluding carboxylic acids is 3. The smallest absolute Gasteiger partial charge is 0.354 e. The second kappa shape index (κ2) is 9.65. The van der Waals surface area contributed by atoms with Crippen molar-refractivity contribution in [2.45, 2.75) is 0 Å². The Morgan fingerprint density at radius 2 is 1.66 bits per heavy atom. The van der Waals surface area contributed by atoms with Crippen LogP contribution in [-0.2, 0) is 19.1 Å². The van der Waals surface area contributed by atoms with E-state index < -0.39 is 22.8 Å². The minimum atomic E-state index is -0.853. The van der Waals surface area contributed by atoms with E-state index in [1.165, 1.54) is 36.4 Å². The Morgan fingerprint density at radius 3 is 2.24 bits per heavy atom. The molecule has 0 aliphatic rings. The number of carbonyl (C=O) groups is 3. The number of rotatable bonds is 7. The number of nitro groups is 1. The number of anilines is 1. The molecule has 0 radical (unpaired) electrons. The third-order valence-electron chi connectivity index (χ3n) is 3.54. The Kier molecular flexibility index (Phi) is 7.02. The number of nitro benzene ring substituents is 1. The lowest BCUT2D eigenvalue weighted by Gasteiger charge is -2.13. The lowest BCUT2D eigenvalue weighted by atomic mass is 10.1. The van der Waals surface area contributed by atoms with Crippen LogP contribution in [-0.4, -0.2) is 37.1 Å². The topological polar surface area (TPSA) is 134 Å². The van der Waals surface area contributed by atoms with Crippen molar-refractivity contribution < 1.29 is 33.5 Å². The summed E-state index contributed by atoms with van der Waals surface area (Å²) in [4.78, 5) is 46.0. The molecule has 0 aliphatic heterocycles. The summed E-state index contributed by atoms with van der Waals surface area (Å²) in [7, 11) is 2.27. The Morgan fingerprint density at radius 1 is 1.00 bits per heavy atom. The van der Waals surface area contributed by atoms with Crippen LogP contribution in [0.25, 0.3) is 0 Å². The van der Waals surface area contributed by atoms with E-state index in [1.807, 2.05) is 0 Å². The summed E-state index contributed by atoms with van der Waals surface area (Å²) in [5, 5.41) is 13.3. The van der Waals surface area contributed by atoms with Gasteiger partial charge in [-0.05, 0) is 24.3 Å². The number of methoxy groups -OCH3 is 2. The highest BCUT2D eigenvalue weighted by Crippen LogP contribution is 2.22. The second-order valence-corrected chi connectivity index (χ2v) is 5.38. The van der Waals surface area contributed by atoms with Crippen LogP contribution in [0.4, 0.5) is 11.4 Å². The van der Waals surface area contributed by atoms with Crippen molar-refractivity contribution in [1.82, 2.24) is 0 Å². The Balaban J connectivity index is 2.27. The maximum Gasteiger partial charge on any atom is 0.354 e. The first-order valence-electron chi connectivity index (χ1n) is 8.06. The fraction of sp³-hybridized carbons (Fsp3) is 0.105. The zero-order valence-corrected chi connectivity index (χ0v) is 15.4. The molecule has 0 atom stereocenters. The van der Waals surface area contributed by atoms with E-state index in [-0.39, 0.29) is 28.4 Å². The molecule has 150 valence electrons. The number of nitrogens with one attached hydrogen (secondary N) is 1. The molecule has 1 N–H and O–H groups in total. The Labute approximate surface area is 164 Å². The van der Waals surface area contributed by atoms with Gasteiger partial charge in [0.25, 0.3) is 5.69 Å². The normalized spacial score (nSPS) is 10.6.